The van der Waals surface area contributed by atoms with Crippen molar-refractivity contribution < 1.29 is 23.0 Å². The Morgan fingerprint density at radius 3 is 2.66 bits per heavy atom. The zero-order valence-corrected chi connectivity index (χ0v) is 20.1. The molecule has 3 atom stereocenters. The average Bonchev–Trinajstić information content (AvgIpc) is 3.18. The molecule has 0 bridgehead atoms. The number of nitrogens with one attached hydrogen (secondary N) is 2. The molecule has 3 aromatic rings. The number of anilines is 2. The van der Waals surface area contributed by atoms with Crippen LogP contribution in [0.15, 0.2) is 23.0 Å². The van der Waals surface area contributed by atoms with Crippen LogP contribution in [0, 0.1) is 12.8 Å². The fraction of sp³-hybridized carbons (Fsp3) is 0.409. The number of halogens is 3. The van der Waals surface area contributed by atoms with Gasteiger partial charge in [0.25, 0.3) is 5.56 Å². The molecule has 1 fully saturated rings. The van der Waals surface area contributed by atoms with Crippen molar-refractivity contribution in [2.75, 3.05) is 23.9 Å². The summed E-state index contributed by atoms with van der Waals surface area (Å²) in [6.45, 7) is 4.43. The van der Waals surface area contributed by atoms with Gasteiger partial charge >= 0.3 is 6.09 Å². The van der Waals surface area contributed by atoms with E-state index in [9.17, 15) is 18.4 Å². The van der Waals surface area contributed by atoms with Gasteiger partial charge in [-0.15, -0.1) is 0 Å². The molecule has 0 saturated carbocycles. The van der Waals surface area contributed by atoms with Gasteiger partial charge in [-0.3, -0.25) is 4.79 Å². The monoisotopic (exact) mass is 508 g/mol. The molecule has 2 aromatic heterocycles. The lowest BCUT2D eigenvalue weighted by Crippen LogP contribution is -2.42. The van der Waals surface area contributed by atoms with Gasteiger partial charge in [0, 0.05) is 22.9 Å². The maximum Gasteiger partial charge on any atom is 0.417 e. The van der Waals surface area contributed by atoms with E-state index in [0.29, 0.717) is 27.2 Å². The molecule has 0 aliphatic carbocycles. The van der Waals surface area contributed by atoms with Crippen LogP contribution in [0.4, 0.5) is 25.5 Å². The summed E-state index contributed by atoms with van der Waals surface area (Å²) in [6.07, 6.45) is -3.48. The molecule has 10 nitrogen and oxygen atoms in total. The molecule has 1 aromatic carbocycles. The van der Waals surface area contributed by atoms with Crippen molar-refractivity contribution in [3.05, 3.63) is 45.0 Å². The van der Waals surface area contributed by atoms with E-state index in [1.54, 1.807) is 32.0 Å². The highest BCUT2D eigenvalue weighted by molar-refractivity contribution is 6.32. The third kappa shape index (κ3) is 4.83. The van der Waals surface area contributed by atoms with Gasteiger partial charge in [0.05, 0.1) is 29.7 Å². The number of fused-ring (bicyclic) bond motifs is 1. The first-order valence-corrected chi connectivity index (χ1v) is 11.1. The molecule has 186 valence electrons. The number of benzene rings is 1. The first-order chi connectivity index (χ1) is 16.6. The van der Waals surface area contributed by atoms with E-state index in [0.717, 1.165) is 4.90 Å². The molecule has 3 heterocycles. The van der Waals surface area contributed by atoms with Gasteiger partial charge in [-0.05, 0) is 26.0 Å². The lowest BCUT2D eigenvalue weighted by Gasteiger charge is -2.25. The van der Waals surface area contributed by atoms with Crippen molar-refractivity contribution in [2.45, 2.75) is 39.3 Å². The third-order valence-electron chi connectivity index (χ3n) is 5.82. The molecule has 1 aliphatic rings. The van der Waals surface area contributed by atoms with E-state index in [1.807, 2.05) is 0 Å². The number of aromatic amines is 1. The minimum absolute atomic E-state index is 0.0652. The van der Waals surface area contributed by atoms with Crippen LogP contribution in [-0.4, -0.2) is 52.2 Å². The second-order valence-electron chi connectivity index (χ2n) is 8.21. The van der Waals surface area contributed by atoms with Gasteiger partial charge in [-0.2, -0.15) is 15.0 Å². The summed E-state index contributed by atoms with van der Waals surface area (Å²) < 4.78 is 36.8. The number of aryl methyl sites for hydroxylation is 1. The SMILES string of the molecule is COc1cc2[nH]c(=O)c([C@H](C)Nc3nc(C)nc(N4C(=O)OCC4[C@H](C)C(F)F)n3)cc2cc1Cl. The van der Waals surface area contributed by atoms with Crippen molar-refractivity contribution in [2.24, 2.45) is 5.92 Å². The number of H-pyrrole nitrogens is 1. The van der Waals surface area contributed by atoms with Crippen LogP contribution in [0.1, 0.15) is 31.3 Å². The van der Waals surface area contributed by atoms with Gasteiger partial charge in [0.2, 0.25) is 18.3 Å². The van der Waals surface area contributed by atoms with Crippen LogP contribution >= 0.6 is 11.6 Å². The summed E-state index contributed by atoms with van der Waals surface area (Å²) >= 11 is 6.22. The van der Waals surface area contributed by atoms with Gasteiger partial charge in [-0.1, -0.05) is 18.5 Å². The fourth-order valence-electron chi connectivity index (χ4n) is 3.83. The minimum Gasteiger partial charge on any atom is -0.495 e. The largest absolute Gasteiger partial charge is 0.495 e. The predicted molar refractivity (Wildman–Crippen MR) is 126 cm³/mol. The zero-order valence-electron chi connectivity index (χ0n) is 19.3. The molecular weight excluding hydrogens is 486 g/mol. The number of hydrogen-bond acceptors (Lipinski definition) is 8. The summed E-state index contributed by atoms with van der Waals surface area (Å²) in [6, 6.07) is 3.49. The van der Waals surface area contributed by atoms with Crippen LogP contribution in [0.2, 0.25) is 5.02 Å². The Hall–Kier alpha value is -3.54. The third-order valence-corrected chi connectivity index (χ3v) is 6.11. The van der Waals surface area contributed by atoms with Crippen LogP contribution in [0.3, 0.4) is 0 Å². The maximum atomic E-state index is 13.3. The average molecular weight is 509 g/mol. The van der Waals surface area contributed by atoms with Crippen LogP contribution in [0.5, 0.6) is 5.75 Å². The van der Waals surface area contributed by atoms with Gasteiger partial charge in [-0.25, -0.2) is 18.5 Å². The number of cyclic esters (lactones) is 1. The van der Waals surface area contributed by atoms with Crippen LogP contribution < -0.4 is 20.5 Å². The maximum absolute atomic E-state index is 13.3. The van der Waals surface area contributed by atoms with E-state index in [-0.39, 0.29) is 29.9 Å². The topological polar surface area (TPSA) is 122 Å². The first-order valence-electron chi connectivity index (χ1n) is 10.7. The quantitative estimate of drug-likeness (QED) is 0.489. The summed E-state index contributed by atoms with van der Waals surface area (Å²) in [5.41, 5.74) is 0.585. The predicted octanol–water partition coefficient (Wildman–Crippen LogP) is 4.08. The van der Waals surface area contributed by atoms with Crippen molar-refractivity contribution >= 4 is 40.5 Å². The van der Waals surface area contributed by atoms with E-state index in [4.69, 9.17) is 21.1 Å². The van der Waals surface area contributed by atoms with Crippen molar-refractivity contribution in [1.82, 2.24) is 19.9 Å². The number of alkyl halides is 2. The summed E-state index contributed by atoms with van der Waals surface area (Å²) in [7, 11) is 1.48. The van der Waals surface area contributed by atoms with Crippen molar-refractivity contribution in [1.29, 1.82) is 0 Å². The molecule has 13 heteroatoms. The number of rotatable bonds is 7. The Morgan fingerprint density at radius 1 is 1.23 bits per heavy atom. The highest BCUT2D eigenvalue weighted by Crippen LogP contribution is 2.31. The minimum atomic E-state index is -2.66. The van der Waals surface area contributed by atoms with Gasteiger partial charge in [0.15, 0.2) is 0 Å². The number of ether oxygens (including phenoxy) is 2. The normalized spacial score (nSPS) is 17.5. The number of pyridine rings is 1. The van der Waals surface area contributed by atoms with Crippen LogP contribution in [-0.2, 0) is 4.74 Å². The van der Waals surface area contributed by atoms with Gasteiger partial charge in [0.1, 0.15) is 18.2 Å². The molecule has 0 radical (unpaired) electrons. The van der Waals surface area contributed by atoms with Crippen molar-refractivity contribution in [3.63, 3.8) is 0 Å². The van der Waals surface area contributed by atoms with E-state index in [1.165, 1.54) is 14.0 Å². The number of aromatic nitrogens is 4. The van der Waals surface area contributed by atoms with E-state index < -0.39 is 30.5 Å². The molecule has 0 spiro atoms. The smallest absolute Gasteiger partial charge is 0.417 e. The number of carbonyl (C=O) groups excluding carboxylic acids is 1. The number of methoxy groups -OCH3 is 1. The number of hydrogen-bond donors (Lipinski definition) is 2. The molecular formula is C22H23ClF2N6O4. The number of amides is 1. The first kappa shape index (κ1) is 24.6. The summed E-state index contributed by atoms with van der Waals surface area (Å²) in [4.78, 5) is 41.5. The molecule has 1 unspecified atom stereocenters. The molecule has 1 saturated heterocycles. The van der Waals surface area contributed by atoms with Gasteiger partial charge < -0.3 is 19.8 Å². The number of carbonyl (C=O) groups is 1. The number of nitrogens with zero attached hydrogens (tertiary/aromatic N) is 4. The Labute approximate surface area is 203 Å². The Bertz CT molecular complexity index is 1340. The second-order valence-corrected chi connectivity index (χ2v) is 8.62. The second kappa shape index (κ2) is 9.61. The summed E-state index contributed by atoms with van der Waals surface area (Å²) in [5, 5.41) is 4.10. The Morgan fingerprint density at radius 2 is 1.97 bits per heavy atom. The lowest BCUT2D eigenvalue weighted by molar-refractivity contribution is 0.0684. The van der Waals surface area contributed by atoms with Crippen molar-refractivity contribution in [3.8, 4) is 5.75 Å². The molecule has 1 aliphatic heterocycles. The van der Waals surface area contributed by atoms with E-state index in [2.05, 4.69) is 25.3 Å². The van der Waals surface area contributed by atoms with Crippen LogP contribution in [0.25, 0.3) is 10.9 Å². The molecule has 1 amide bonds. The Balaban J connectivity index is 1.65. The Kier molecular flexibility index (Phi) is 6.75. The van der Waals surface area contributed by atoms with E-state index >= 15 is 0 Å². The zero-order chi connectivity index (χ0) is 25.4. The lowest BCUT2D eigenvalue weighted by atomic mass is 10.0. The fourth-order valence-corrected chi connectivity index (χ4v) is 4.08. The highest BCUT2D eigenvalue weighted by atomic mass is 35.5. The molecule has 2 N–H and O–H groups in total. The standard InChI is InChI=1S/C22H23ClF2N6O4/c1-9(18(24)25)16-8-35-22(33)31(16)21-28-11(3)27-20(30-21)26-10(2)13-5-12-6-14(23)17(34-4)7-15(12)29-19(13)32/h5-7,9-10,16,18H,8H2,1-4H3,(H,29,32)(H,26,27,28,30)/t9-,10-,16?/m0/s1. The molecule has 4 rings (SSSR count). The highest BCUT2D eigenvalue weighted by Gasteiger charge is 2.42. The molecule has 35 heavy (non-hydrogen) atoms. The summed E-state index contributed by atoms with van der Waals surface area (Å²) in [5.74, 6) is -0.523.